The molecule has 0 amide bonds. The van der Waals surface area contributed by atoms with E-state index in [-0.39, 0.29) is 12.4 Å². The van der Waals surface area contributed by atoms with Gasteiger partial charge in [0.15, 0.2) is 0 Å². The zero-order valence-electron chi connectivity index (χ0n) is 11.1. The van der Waals surface area contributed by atoms with Crippen molar-refractivity contribution in [2.45, 2.75) is 81.5 Å². The zero-order chi connectivity index (χ0) is 11.1. The first kappa shape index (κ1) is 17.1. The molecule has 1 fully saturated rings. The van der Waals surface area contributed by atoms with Gasteiger partial charge in [0, 0.05) is 0 Å². The molecule has 0 aromatic carbocycles. The van der Waals surface area contributed by atoms with Gasteiger partial charge in [-0.1, -0.05) is 0 Å². The Labute approximate surface area is 122 Å². The van der Waals surface area contributed by atoms with Crippen LogP contribution in [0.15, 0.2) is 0 Å². The van der Waals surface area contributed by atoms with Crippen molar-refractivity contribution in [3.05, 3.63) is 0 Å². The van der Waals surface area contributed by atoms with Crippen molar-refractivity contribution in [2.24, 2.45) is 5.92 Å². The summed E-state index contributed by atoms with van der Waals surface area (Å²) >= 11 is 1.84. The first-order valence-corrected chi connectivity index (χ1v) is 8.40. The van der Waals surface area contributed by atoms with Gasteiger partial charge >= 0.3 is 110 Å². The van der Waals surface area contributed by atoms with Gasteiger partial charge in [0.25, 0.3) is 0 Å². The molecule has 1 aliphatic rings. The van der Waals surface area contributed by atoms with Gasteiger partial charge in [0.1, 0.15) is 0 Å². The maximum Gasteiger partial charge on any atom is -0.147 e. The van der Waals surface area contributed by atoms with Crippen LogP contribution < -0.4 is 0 Å². The van der Waals surface area contributed by atoms with Crippen LogP contribution in [0, 0.1) is 5.92 Å². The van der Waals surface area contributed by atoms with E-state index >= 15 is 0 Å². The van der Waals surface area contributed by atoms with Crippen LogP contribution in [0.4, 0.5) is 0 Å². The molecule has 1 aliphatic carbocycles. The molecule has 0 aliphatic heterocycles. The quantitative estimate of drug-likeness (QED) is 0.570. The summed E-state index contributed by atoms with van der Waals surface area (Å²) in [7, 11) is 0. The Kier molecular flexibility index (Phi) is 9.69. The van der Waals surface area contributed by atoms with Gasteiger partial charge in [-0.2, -0.15) is 0 Å². The van der Waals surface area contributed by atoms with Crippen molar-refractivity contribution in [3.63, 3.8) is 0 Å². The summed E-state index contributed by atoms with van der Waals surface area (Å²) in [6, 6.07) is 0. The van der Waals surface area contributed by atoms with E-state index in [1.54, 1.807) is 6.42 Å². The molecule has 0 heterocycles. The topological polar surface area (TPSA) is 0 Å². The summed E-state index contributed by atoms with van der Waals surface area (Å²) in [6.07, 6.45) is 14.8. The molecule has 0 N–H and O–H groups in total. The van der Waals surface area contributed by atoms with Crippen LogP contribution in [0.1, 0.15) is 78.1 Å². The third-order valence-corrected chi connectivity index (χ3v) is 6.68. The Morgan fingerprint density at radius 2 is 1.81 bits per heavy atom. The fourth-order valence-electron chi connectivity index (χ4n) is 3.00. The van der Waals surface area contributed by atoms with Crippen LogP contribution in [-0.4, -0.2) is 22.5 Å². The van der Waals surface area contributed by atoms with Crippen molar-refractivity contribution >= 4 is 34.9 Å². The van der Waals surface area contributed by atoms with E-state index in [0.29, 0.717) is 0 Å². The summed E-state index contributed by atoms with van der Waals surface area (Å²) in [5, 5.41) is 0. The molecule has 0 bridgehead atoms. The summed E-state index contributed by atoms with van der Waals surface area (Å²) in [5.74, 6) is 1.08. The van der Waals surface area contributed by atoms with Crippen molar-refractivity contribution in [1.29, 1.82) is 0 Å². The van der Waals surface area contributed by atoms with Crippen LogP contribution in [0.3, 0.4) is 0 Å². The van der Waals surface area contributed by atoms with Gasteiger partial charge in [0.05, 0.1) is 0 Å². The number of rotatable bonds is 6. The maximum atomic E-state index is 2.34. The fourth-order valence-corrected chi connectivity index (χ4v) is 4.84. The second-order valence-corrected chi connectivity index (χ2v) is 8.19. The molecule has 2 unspecified atom stereocenters. The molecular weight excluding hydrogens is 322 g/mol. The number of hydrogen-bond acceptors (Lipinski definition) is 0. The third-order valence-electron chi connectivity index (χ3n) is 4.09. The molecular formula is C14H28ClSn. The zero-order valence-corrected chi connectivity index (χ0v) is 14.7. The average molecular weight is 351 g/mol. The van der Waals surface area contributed by atoms with Crippen LogP contribution in [-0.2, 0) is 0 Å². The summed E-state index contributed by atoms with van der Waals surface area (Å²) < 4.78 is 0.788. The molecule has 1 rings (SSSR count). The van der Waals surface area contributed by atoms with Crippen LogP contribution in [0.25, 0.3) is 0 Å². The van der Waals surface area contributed by atoms with Gasteiger partial charge in [-0.25, -0.2) is 0 Å². The molecule has 0 saturated heterocycles. The molecule has 0 aromatic rings. The monoisotopic (exact) mass is 351 g/mol. The van der Waals surface area contributed by atoms with Crippen molar-refractivity contribution in [3.8, 4) is 0 Å². The number of halogens is 1. The normalized spacial score (nSPS) is 29.8. The Balaban J connectivity index is 0.00000225. The van der Waals surface area contributed by atoms with E-state index in [4.69, 9.17) is 0 Å². The standard InChI is InChI=1S/C14H27.ClH.Sn/c1-3-5-9-13-11-7-8-12-14(13)10-6-4-2;;/h13H,3-12H2,1-2H3;1H;. The van der Waals surface area contributed by atoms with Crippen LogP contribution in [0.5, 0.6) is 0 Å². The Hall–Kier alpha value is 1.09. The van der Waals surface area contributed by atoms with Gasteiger partial charge in [-0.15, -0.1) is 12.4 Å². The van der Waals surface area contributed by atoms with E-state index < -0.39 is 0 Å². The Morgan fingerprint density at radius 1 is 1.12 bits per heavy atom. The number of unbranched alkanes of at least 4 members (excludes halogenated alkanes) is 2. The first-order valence-electron chi connectivity index (χ1n) is 6.98. The van der Waals surface area contributed by atoms with Crippen molar-refractivity contribution in [2.75, 3.05) is 0 Å². The largest absolute Gasteiger partial charge is 0.147 e. The smallest absolute Gasteiger partial charge is 0.147 e. The van der Waals surface area contributed by atoms with E-state index in [2.05, 4.69) is 13.8 Å². The summed E-state index contributed by atoms with van der Waals surface area (Å²) in [6.45, 7) is 4.67. The molecule has 2 heteroatoms. The summed E-state index contributed by atoms with van der Waals surface area (Å²) in [5.41, 5.74) is 0. The van der Waals surface area contributed by atoms with Crippen molar-refractivity contribution in [1.82, 2.24) is 0 Å². The minimum Gasteiger partial charge on any atom is -0.147 e. The predicted octanol–water partition coefficient (Wildman–Crippen LogP) is 5.31. The SMILES string of the molecule is CCCCC1CCCC[C]1([Sn])CCCC.Cl. The van der Waals surface area contributed by atoms with Gasteiger partial charge in [-0.3, -0.25) is 0 Å². The van der Waals surface area contributed by atoms with Gasteiger partial charge in [-0.05, 0) is 0 Å². The molecule has 0 nitrogen and oxygen atoms in total. The molecule has 95 valence electrons. The van der Waals surface area contributed by atoms with Crippen molar-refractivity contribution < 1.29 is 0 Å². The minimum absolute atomic E-state index is 0. The number of hydrogen-bond donors (Lipinski definition) is 0. The second-order valence-electron chi connectivity index (χ2n) is 5.34. The molecule has 3 radical (unpaired) electrons. The molecule has 2 atom stereocenters. The molecule has 1 saturated carbocycles. The molecule has 0 spiro atoms. The molecule has 0 aromatic heterocycles. The van der Waals surface area contributed by atoms with Gasteiger partial charge in [0.2, 0.25) is 0 Å². The first-order chi connectivity index (χ1) is 7.23. The maximum absolute atomic E-state index is 2.34. The average Bonchev–Trinajstić information content (AvgIpc) is 2.25. The molecule has 16 heavy (non-hydrogen) atoms. The second kappa shape index (κ2) is 9.08. The predicted molar refractivity (Wildman–Crippen MR) is 76.7 cm³/mol. The Morgan fingerprint density at radius 3 is 2.44 bits per heavy atom. The van der Waals surface area contributed by atoms with E-state index in [0.717, 1.165) is 9.35 Å². The fraction of sp³-hybridized carbons (Fsp3) is 1.00. The summed E-state index contributed by atoms with van der Waals surface area (Å²) in [4.78, 5) is 0. The van der Waals surface area contributed by atoms with E-state index in [1.807, 2.05) is 22.5 Å². The van der Waals surface area contributed by atoms with E-state index in [1.165, 1.54) is 57.8 Å². The van der Waals surface area contributed by atoms with Gasteiger partial charge < -0.3 is 0 Å². The van der Waals surface area contributed by atoms with Crippen LogP contribution >= 0.6 is 12.4 Å². The third kappa shape index (κ3) is 5.16. The van der Waals surface area contributed by atoms with Crippen LogP contribution in [0.2, 0.25) is 3.43 Å². The minimum atomic E-state index is 0. The Bertz CT molecular complexity index is 172. The van der Waals surface area contributed by atoms with E-state index in [9.17, 15) is 0 Å².